The van der Waals surface area contributed by atoms with Crippen LogP contribution in [0, 0.1) is 0 Å². The van der Waals surface area contributed by atoms with Crippen LogP contribution in [0.5, 0.6) is 0 Å². The van der Waals surface area contributed by atoms with Crippen LogP contribution in [0.15, 0.2) is 12.2 Å². The summed E-state index contributed by atoms with van der Waals surface area (Å²) in [5.41, 5.74) is 0. The van der Waals surface area contributed by atoms with Crippen LogP contribution >= 0.6 is 12.6 Å². The van der Waals surface area contributed by atoms with Gasteiger partial charge in [0.05, 0.1) is 7.11 Å². The van der Waals surface area contributed by atoms with Crippen molar-refractivity contribution in [2.75, 3.05) is 12.9 Å². The Hall–Kier alpha value is -0.970. The van der Waals surface area contributed by atoms with Gasteiger partial charge in [0.15, 0.2) is 0 Å². The number of hydrogen-bond donors (Lipinski definition) is 2. The molecule has 0 fully saturated rings. The number of rotatable bonds is 4. The minimum Gasteiger partial charge on any atom is -0.467 e. The van der Waals surface area contributed by atoms with E-state index in [4.69, 9.17) is 0 Å². The third kappa shape index (κ3) is 4.57. The van der Waals surface area contributed by atoms with Gasteiger partial charge < -0.3 is 10.1 Å². The van der Waals surface area contributed by atoms with Crippen LogP contribution in [0.4, 0.5) is 0 Å². The second-order valence-corrected chi connectivity index (χ2v) is 2.63. The lowest BCUT2D eigenvalue weighted by molar-refractivity contribution is -0.143. The number of thiol groups is 1. The molecule has 74 valence electrons. The Kier molecular flexibility index (Phi) is 6.05. The van der Waals surface area contributed by atoms with Gasteiger partial charge >= 0.3 is 5.97 Å². The maximum absolute atomic E-state index is 11.0. The Balaban J connectivity index is 4.12. The molecule has 0 bridgehead atoms. The molecule has 0 heterocycles. The Morgan fingerprint density at radius 3 is 2.62 bits per heavy atom. The highest BCUT2D eigenvalue weighted by molar-refractivity contribution is 7.80. The molecule has 0 radical (unpaired) electrons. The van der Waals surface area contributed by atoms with E-state index in [-0.39, 0.29) is 11.7 Å². The number of hydrogen-bond acceptors (Lipinski definition) is 4. The Labute approximate surface area is 82.7 Å². The number of ether oxygens (including phenoxy) is 1. The number of allylic oxidation sites excluding steroid dienone is 1. The molecule has 0 aliphatic rings. The van der Waals surface area contributed by atoms with Crippen LogP contribution in [0.25, 0.3) is 0 Å². The summed E-state index contributed by atoms with van der Waals surface area (Å²) in [5.74, 6) is -0.601. The quantitative estimate of drug-likeness (QED) is 0.388. The van der Waals surface area contributed by atoms with Crippen LogP contribution < -0.4 is 5.32 Å². The summed E-state index contributed by atoms with van der Waals surface area (Å²) in [5, 5.41) is 2.44. The monoisotopic (exact) mass is 203 g/mol. The van der Waals surface area contributed by atoms with Crippen molar-refractivity contribution in [1.29, 1.82) is 0 Å². The first-order chi connectivity index (χ1) is 6.15. The highest BCUT2D eigenvalue weighted by Gasteiger charge is 2.18. The molecule has 0 spiro atoms. The van der Waals surface area contributed by atoms with Gasteiger partial charge in [-0.05, 0) is 13.0 Å². The maximum Gasteiger partial charge on any atom is 0.329 e. The number of esters is 1. The summed E-state index contributed by atoms with van der Waals surface area (Å²) in [6, 6.07) is -0.683. The molecule has 1 unspecified atom stereocenters. The van der Waals surface area contributed by atoms with Gasteiger partial charge in [-0.15, -0.1) is 0 Å². The minimum atomic E-state index is -0.683. The number of amides is 1. The predicted molar refractivity (Wildman–Crippen MR) is 52.6 cm³/mol. The van der Waals surface area contributed by atoms with Crippen LogP contribution in [0.1, 0.15) is 6.92 Å². The normalized spacial score (nSPS) is 12.5. The molecule has 1 N–H and O–H groups in total. The first kappa shape index (κ1) is 12.0. The fourth-order valence-electron chi connectivity index (χ4n) is 0.693. The van der Waals surface area contributed by atoms with Crippen molar-refractivity contribution in [3.8, 4) is 0 Å². The van der Waals surface area contributed by atoms with Gasteiger partial charge in [0.25, 0.3) is 0 Å². The van der Waals surface area contributed by atoms with Crippen LogP contribution in [0.3, 0.4) is 0 Å². The molecule has 5 heteroatoms. The first-order valence-corrected chi connectivity index (χ1v) is 4.40. The summed E-state index contributed by atoms with van der Waals surface area (Å²) in [6.07, 6.45) is 2.92. The molecular formula is C8H13NO3S. The highest BCUT2D eigenvalue weighted by Crippen LogP contribution is 1.91. The molecule has 0 rings (SSSR count). The van der Waals surface area contributed by atoms with Crippen LogP contribution in [0.2, 0.25) is 0 Å². The highest BCUT2D eigenvalue weighted by atomic mass is 32.1. The molecule has 0 aromatic carbocycles. The van der Waals surface area contributed by atoms with Gasteiger partial charge in [-0.2, -0.15) is 12.6 Å². The van der Waals surface area contributed by atoms with Crippen molar-refractivity contribution in [1.82, 2.24) is 5.32 Å². The van der Waals surface area contributed by atoms with E-state index in [0.717, 1.165) is 0 Å². The molecule has 0 aromatic rings. The number of carbonyl (C=O) groups excluding carboxylic acids is 2. The third-order valence-corrected chi connectivity index (χ3v) is 1.67. The molecule has 1 atom stereocenters. The minimum absolute atomic E-state index is 0.218. The van der Waals surface area contributed by atoms with E-state index in [1.54, 1.807) is 13.0 Å². The second kappa shape index (κ2) is 6.54. The van der Waals surface area contributed by atoms with E-state index in [0.29, 0.717) is 0 Å². The Morgan fingerprint density at radius 2 is 2.23 bits per heavy atom. The number of nitrogens with one attached hydrogen (secondary N) is 1. The molecule has 0 aliphatic heterocycles. The van der Waals surface area contributed by atoms with Gasteiger partial charge in [0.1, 0.15) is 6.04 Å². The second-order valence-electron chi connectivity index (χ2n) is 2.27. The average Bonchev–Trinajstić information content (AvgIpc) is 2.13. The fourth-order valence-corrected chi connectivity index (χ4v) is 0.933. The summed E-state index contributed by atoms with van der Waals surface area (Å²) in [4.78, 5) is 22.0. The van der Waals surface area contributed by atoms with E-state index in [1.165, 1.54) is 13.2 Å². The Bertz CT molecular complexity index is 215. The molecule has 0 saturated carbocycles. The molecule has 0 aliphatic carbocycles. The van der Waals surface area contributed by atoms with Gasteiger partial charge in [-0.3, -0.25) is 4.79 Å². The summed E-state index contributed by atoms with van der Waals surface area (Å²) < 4.78 is 4.46. The zero-order valence-electron chi connectivity index (χ0n) is 7.61. The van der Waals surface area contributed by atoms with Crippen molar-refractivity contribution < 1.29 is 14.3 Å². The molecule has 0 aromatic heterocycles. The SMILES string of the molecule is CC=CC(=O)NC(CS)C(=O)OC. The van der Waals surface area contributed by atoms with Gasteiger partial charge in [0.2, 0.25) is 5.91 Å². The van der Waals surface area contributed by atoms with Crippen molar-refractivity contribution >= 4 is 24.5 Å². The number of carbonyl (C=O) groups is 2. The molecular weight excluding hydrogens is 190 g/mol. The van der Waals surface area contributed by atoms with Gasteiger partial charge in [-0.25, -0.2) is 4.79 Å². The lowest BCUT2D eigenvalue weighted by atomic mass is 10.3. The largest absolute Gasteiger partial charge is 0.467 e. The summed E-state index contributed by atoms with van der Waals surface area (Å²) >= 11 is 3.91. The van der Waals surface area contributed by atoms with E-state index in [9.17, 15) is 9.59 Å². The molecule has 4 nitrogen and oxygen atoms in total. The topological polar surface area (TPSA) is 55.4 Å². The molecule has 0 saturated heterocycles. The Morgan fingerprint density at radius 1 is 1.62 bits per heavy atom. The van der Waals surface area contributed by atoms with E-state index in [2.05, 4.69) is 22.7 Å². The summed E-state index contributed by atoms with van der Waals surface area (Å²) in [6.45, 7) is 1.72. The van der Waals surface area contributed by atoms with E-state index >= 15 is 0 Å². The van der Waals surface area contributed by atoms with Crippen molar-refractivity contribution in [3.63, 3.8) is 0 Å². The van der Waals surface area contributed by atoms with Crippen molar-refractivity contribution in [2.45, 2.75) is 13.0 Å². The molecule has 1 amide bonds. The predicted octanol–water partition coefficient (Wildman–Crippen LogP) is 0.150. The van der Waals surface area contributed by atoms with Gasteiger partial charge in [0, 0.05) is 5.75 Å². The smallest absolute Gasteiger partial charge is 0.329 e. The lowest BCUT2D eigenvalue weighted by Gasteiger charge is -2.12. The van der Waals surface area contributed by atoms with E-state index in [1.807, 2.05) is 0 Å². The van der Waals surface area contributed by atoms with Crippen molar-refractivity contribution in [3.05, 3.63) is 12.2 Å². The average molecular weight is 203 g/mol. The van der Waals surface area contributed by atoms with Crippen molar-refractivity contribution in [2.24, 2.45) is 0 Å². The third-order valence-electron chi connectivity index (χ3n) is 1.30. The number of methoxy groups -OCH3 is 1. The first-order valence-electron chi connectivity index (χ1n) is 3.77. The van der Waals surface area contributed by atoms with E-state index < -0.39 is 12.0 Å². The fraction of sp³-hybridized carbons (Fsp3) is 0.500. The standard InChI is InChI=1S/C8H13NO3S/c1-3-4-7(10)9-6(5-13)8(11)12-2/h3-4,6,13H,5H2,1-2H3,(H,9,10). The van der Waals surface area contributed by atoms with Gasteiger partial charge in [-0.1, -0.05) is 6.08 Å². The summed E-state index contributed by atoms with van der Waals surface area (Å²) in [7, 11) is 1.26. The van der Waals surface area contributed by atoms with Crippen LogP contribution in [-0.4, -0.2) is 30.8 Å². The zero-order chi connectivity index (χ0) is 10.3. The molecule has 13 heavy (non-hydrogen) atoms. The van der Waals surface area contributed by atoms with Crippen LogP contribution in [-0.2, 0) is 14.3 Å². The lowest BCUT2D eigenvalue weighted by Crippen LogP contribution is -2.42. The zero-order valence-corrected chi connectivity index (χ0v) is 8.51. The maximum atomic E-state index is 11.0.